The highest BCUT2D eigenvalue weighted by molar-refractivity contribution is 6.01. The summed E-state index contributed by atoms with van der Waals surface area (Å²) < 4.78 is 5.82. The molecule has 0 bridgehead atoms. The molecular formula is C27H39N5O6. The van der Waals surface area contributed by atoms with Gasteiger partial charge in [0.05, 0.1) is 18.5 Å². The third kappa shape index (κ3) is 8.19. The van der Waals surface area contributed by atoms with Crippen molar-refractivity contribution in [2.45, 2.75) is 58.0 Å². The number of rotatable bonds is 7. The Balaban J connectivity index is 1.76. The van der Waals surface area contributed by atoms with Crippen LogP contribution in [0.1, 0.15) is 56.3 Å². The zero-order chi connectivity index (χ0) is 27.7. The number of nitrogens with one attached hydrogen (secondary N) is 3. The van der Waals surface area contributed by atoms with Crippen molar-refractivity contribution in [2.24, 2.45) is 5.92 Å². The first-order valence-corrected chi connectivity index (χ1v) is 13.3. The van der Waals surface area contributed by atoms with Crippen LogP contribution in [0.2, 0.25) is 0 Å². The molecule has 11 heteroatoms. The van der Waals surface area contributed by atoms with Crippen LogP contribution in [0.5, 0.6) is 5.75 Å². The van der Waals surface area contributed by atoms with E-state index in [1.807, 2.05) is 13.8 Å². The molecule has 3 rings (SSSR count). The average Bonchev–Trinajstić information content (AvgIpc) is 3.29. The minimum Gasteiger partial charge on any atom is -0.491 e. The number of para-hydroxylation sites is 1. The van der Waals surface area contributed by atoms with E-state index in [0.717, 1.165) is 13.0 Å². The molecule has 0 aliphatic carbocycles. The Labute approximate surface area is 223 Å². The summed E-state index contributed by atoms with van der Waals surface area (Å²) in [6.07, 6.45) is 2.04. The van der Waals surface area contributed by atoms with E-state index in [-0.39, 0.29) is 49.4 Å². The van der Waals surface area contributed by atoms with Crippen molar-refractivity contribution in [1.82, 2.24) is 25.8 Å². The molecule has 0 spiro atoms. The summed E-state index contributed by atoms with van der Waals surface area (Å²) in [5.41, 5.74) is 0.224. The quantitative estimate of drug-likeness (QED) is 0.445. The van der Waals surface area contributed by atoms with E-state index in [1.54, 1.807) is 36.2 Å². The number of carbonyl (C=O) groups excluding carboxylic acids is 5. The van der Waals surface area contributed by atoms with Crippen LogP contribution in [0, 0.1) is 5.92 Å². The number of hydrogen-bond donors (Lipinski definition) is 3. The van der Waals surface area contributed by atoms with Crippen LogP contribution in [0.3, 0.4) is 0 Å². The van der Waals surface area contributed by atoms with Gasteiger partial charge in [-0.2, -0.15) is 0 Å². The summed E-state index contributed by atoms with van der Waals surface area (Å²) in [6.45, 7) is 5.88. The fraction of sp³-hybridized carbons (Fsp3) is 0.593. The van der Waals surface area contributed by atoms with Crippen molar-refractivity contribution >= 4 is 29.5 Å². The molecule has 38 heavy (non-hydrogen) atoms. The van der Waals surface area contributed by atoms with Crippen molar-refractivity contribution in [3.8, 4) is 5.75 Å². The first-order chi connectivity index (χ1) is 18.2. The lowest BCUT2D eigenvalue weighted by molar-refractivity contribution is -0.136. The molecule has 2 heterocycles. The maximum absolute atomic E-state index is 13.2. The van der Waals surface area contributed by atoms with Gasteiger partial charge in [0.15, 0.2) is 0 Å². The second-order valence-electron chi connectivity index (χ2n) is 10.2. The van der Waals surface area contributed by atoms with Gasteiger partial charge in [-0.15, -0.1) is 0 Å². The number of hydrogen-bond acceptors (Lipinski definition) is 6. The fourth-order valence-corrected chi connectivity index (χ4v) is 4.57. The minimum atomic E-state index is -1.17. The summed E-state index contributed by atoms with van der Waals surface area (Å²) in [7, 11) is 1.64. The Kier molecular flexibility index (Phi) is 10.5. The molecule has 2 atom stereocenters. The smallest absolute Gasteiger partial charge is 0.255 e. The molecule has 1 saturated heterocycles. The topological polar surface area (TPSA) is 137 Å². The summed E-state index contributed by atoms with van der Waals surface area (Å²) in [5.74, 6) is -1.25. The number of amides is 5. The molecule has 5 amide bonds. The van der Waals surface area contributed by atoms with Gasteiger partial charge >= 0.3 is 0 Å². The van der Waals surface area contributed by atoms with Crippen LogP contribution in [0.15, 0.2) is 24.3 Å². The molecule has 0 aromatic heterocycles. The predicted octanol–water partition coefficient (Wildman–Crippen LogP) is 0.686. The van der Waals surface area contributed by atoms with Gasteiger partial charge in [0.2, 0.25) is 23.6 Å². The molecule has 1 aromatic carbocycles. The lowest BCUT2D eigenvalue weighted by atomic mass is 10.0. The van der Waals surface area contributed by atoms with E-state index in [0.29, 0.717) is 31.6 Å². The van der Waals surface area contributed by atoms with Crippen molar-refractivity contribution in [3.63, 3.8) is 0 Å². The van der Waals surface area contributed by atoms with Crippen LogP contribution in [0.25, 0.3) is 0 Å². The second-order valence-corrected chi connectivity index (χ2v) is 10.2. The largest absolute Gasteiger partial charge is 0.491 e. The molecule has 11 nitrogen and oxygen atoms in total. The molecule has 2 aliphatic heterocycles. The van der Waals surface area contributed by atoms with Gasteiger partial charge in [0, 0.05) is 33.1 Å². The SMILES string of the molecule is CC(C)C[C@H]1NC(=O)C[C@@H](C(=O)NCCCN2CCCC2=O)NC(=O)c2ccccc2OCCN(C)C1=O. The Hall–Kier alpha value is -3.63. The summed E-state index contributed by atoms with van der Waals surface area (Å²) in [5, 5.41) is 8.21. The van der Waals surface area contributed by atoms with E-state index in [2.05, 4.69) is 16.0 Å². The van der Waals surface area contributed by atoms with E-state index in [4.69, 9.17) is 4.74 Å². The summed E-state index contributed by atoms with van der Waals surface area (Å²) >= 11 is 0. The van der Waals surface area contributed by atoms with Crippen LogP contribution in [-0.4, -0.2) is 91.3 Å². The molecule has 208 valence electrons. The third-order valence-electron chi connectivity index (χ3n) is 6.62. The fourth-order valence-electron chi connectivity index (χ4n) is 4.57. The van der Waals surface area contributed by atoms with Gasteiger partial charge in [-0.3, -0.25) is 24.0 Å². The first kappa shape index (κ1) is 28.9. The zero-order valence-corrected chi connectivity index (χ0v) is 22.5. The lowest BCUT2D eigenvalue weighted by Crippen LogP contribution is -2.53. The molecule has 0 radical (unpaired) electrons. The molecule has 1 fully saturated rings. The van der Waals surface area contributed by atoms with Gasteiger partial charge in [-0.05, 0) is 37.3 Å². The lowest BCUT2D eigenvalue weighted by Gasteiger charge is -2.27. The highest BCUT2D eigenvalue weighted by atomic mass is 16.5. The van der Waals surface area contributed by atoms with E-state index < -0.39 is 29.8 Å². The number of nitrogens with zero attached hydrogens (tertiary/aromatic N) is 2. The highest BCUT2D eigenvalue weighted by Gasteiger charge is 2.30. The summed E-state index contributed by atoms with van der Waals surface area (Å²) in [4.78, 5) is 67.4. The Morgan fingerprint density at radius 2 is 1.89 bits per heavy atom. The first-order valence-electron chi connectivity index (χ1n) is 13.3. The Bertz CT molecular complexity index is 1030. The highest BCUT2D eigenvalue weighted by Crippen LogP contribution is 2.19. The van der Waals surface area contributed by atoms with Crippen molar-refractivity contribution < 1.29 is 28.7 Å². The van der Waals surface area contributed by atoms with Crippen molar-refractivity contribution in [3.05, 3.63) is 29.8 Å². The standard InChI is InChI=1S/C27H39N5O6/c1-18(2)16-21-27(37)31(3)14-15-38-22-9-5-4-8-19(22)25(35)30-20(17-23(33)29-21)26(36)28-11-7-13-32-12-6-10-24(32)34/h4-5,8-9,18,20-21H,6-7,10-17H2,1-3H3,(H,28,36)(H,29,33)(H,30,35)/t20-,21+/m0/s1. The molecule has 0 unspecified atom stereocenters. The molecule has 2 aliphatic rings. The number of fused-ring (bicyclic) bond motifs is 1. The van der Waals surface area contributed by atoms with E-state index >= 15 is 0 Å². The maximum atomic E-state index is 13.2. The normalized spacial score (nSPS) is 21.4. The Morgan fingerprint density at radius 3 is 2.61 bits per heavy atom. The zero-order valence-electron chi connectivity index (χ0n) is 22.5. The third-order valence-corrected chi connectivity index (χ3v) is 6.62. The molecule has 3 N–H and O–H groups in total. The number of benzene rings is 1. The molecule has 1 aromatic rings. The average molecular weight is 530 g/mol. The Morgan fingerprint density at radius 1 is 1.13 bits per heavy atom. The number of likely N-dealkylation sites (tertiary alicyclic amines) is 1. The van der Waals surface area contributed by atoms with Crippen LogP contribution >= 0.6 is 0 Å². The van der Waals surface area contributed by atoms with Crippen LogP contribution in [-0.2, 0) is 19.2 Å². The van der Waals surface area contributed by atoms with Gasteiger partial charge in [-0.25, -0.2) is 0 Å². The number of likely N-dealkylation sites (N-methyl/N-ethyl adjacent to an activating group) is 1. The van der Waals surface area contributed by atoms with Crippen LogP contribution in [0.4, 0.5) is 0 Å². The van der Waals surface area contributed by atoms with Gasteiger partial charge in [-0.1, -0.05) is 26.0 Å². The van der Waals surface area contributed by atoms with E-state index in [9.17, 15) is 24.0 Å². The van der Waals surface area contributed by atoms with Crippen molar-refractivity contribution in [1.29, 1.82) is 0 Å². The number of carbonyl (C=O) groups is 5. The maximum Gasteiger partial charge on any atom is 0.255 e. The predicted molar refractivity (Wildman–Crippen MR) is 140 cm³/mol. The van der Waals surface area contributed by atoms with Crippen molar-refractivity contribution in [2.75, 3.05) is 39.8 Å². The van der Waals surface area contributed by atoms with Gasteiger partial charge in [0.1, 0.15) is 24.4 Å². The summed E-state index contributed by atoms with van der Waals surface area (Å²) in [6, 6.07) is 4.70. The molecular weight excluding hydrogens is 490 g/mol. The van der Waals surface area contributed by atoms with Gasteiger partial charge < -0.3 is 30.5 Å². The monoisotopic (exact) mass is 529 g/mol. The minimum absolute atomic E-state index is 0.114. The van der Waals surface area contributed by atoms with Gasteiger partial charge in [0.25, 0.3) is 5.91 Å². The molecule has 0 saturated carbocycles. The van der Waals surface area contributed by atoms with Crippen LogP contribution < -0.4 is 20.7 Å². The van der Waals surface area contributed by atoms with E-state index in [1.165, 1.54) is 4.90 Å². The number of ether oxygens (including phenoxy) is 1. The second kappa shape index (κ2) is 13.8.